The zero-order chi connectivity index (χ0) is 15.4. The number of ether oxygens (including phenoxy) is 1. The molecule has 0 aliphatic carbocycles. The minimum absolute atomic E-state index is 0.0825. The lowest BCUT2D eigenvalue weighted by Crippen LogP contribution is -2.40. The summed E-state index contributed by atoms with van der Waals surface area (Å²) in [6, 6.07) is 0.119. The number of rotatable bonds is 5. The quantitative estimate of drug-likeness (QED) is 0.916. The van der Waals surface area contributed by atoms with Crippen LogP contribution < -0.4 is 5.32 Å². The van der Waals surface area contributed by atoms with Crippen molar-refractivity contribution in [1.29, 1.82) is 0 Å². The maximum Gasteiger partial charge on any atom is 0.323 e. The van der Waals surface area contributed by atoms with Crippen molar-refractivity contribution in [2.45, 2.75) is 32.0 Å². The van der Waals surface area contributed by atoms with Gasteiger partial charge in [-0.05, 0) is 12.8 Å². The number of nitrogens with one attached hydrogen (secondary N) is 1. The van der Waals surface area contributed by atoms with E-state index >= 15 is 0 Å². The van der Waals surface area contributed by atoms with Gasteiger partial charge in [0.05, 0.1) is 24.7 Å². The van der Waals surface area contributed by atoms with Crippen LogP contribution in [-0.4, -0.2) is 45.2 Å². The molecular formula is C14H19N5O2S. The normalized spacial score (nSPS) is 17.9. The van der Waals surface area contributed by atoms with E-state index in [1.54, 1.807) is 19.6 Å². The first-order valence-electron chi connectivity index (χ1n) is 7.23. The van der Waals surface area contributed by atoms with Gasteiger partial charge in [0.2, 0.25) is 0 Å². The van der Waals surface area contributed by atoms with Crippen molar-refractivity contribution in [2.75, 3.05) is 19.0 Å². The van der Waals surface area contributed by atoms with E-state index in [1.807, 2.05) is 21.0 Å². The van der Waals surface area contributed by atoms with Crippen LogP contribution in [0, 0.1) is 0 Å². The first kappa shape index (κ1) is 15.0. The van der Waals surface area contributed by atoms with Crippen LogP contribution >= 0.6 is 11.3 Å². The Labute approximate surface area is 132 Å². The highest BCUT2D eigenvalue weighted by Gasteiger charge is 2.29. The van der Waals surface area contributed by atoms with E-state index in [4.69, 9.17) is 4.74 Å². The second-order valence-electron chi connectivity index (χ2n) is 5.26. The maximum atomic E-state index is 12.4. The standard InChI is InChI=1S/C14H19N5O2S/c1-21-8-11-9-22-13(16-11)17-14(20)19-5-2-3-12(19)7-18-6-4-15-10-18/h4,6,9-10,12H,2-3,5,7-8H2,1H3,(H,16,17,20)/t12-/m0/s1. The summed E-state index contributed by atoms with van der Waals surface area (Å²) in [7, 11) is 1.63. The van der Waals surface area contributed by atoms with Crippen molar-refractivity contribution in [2.24, 2.45) is 0 Å². The summed E-state index contributed by atoms with van der Waals surface area (Å²) in [5.41, 5.74) is 0.833. The Morgan fingerprint density at radius 3 is 3.27 bits per heavy atom. The molecule has 1 aliphatic rings. The molecule has 0 radical (unpaired) electrons. The molecule has 2 amide bonds. The number of thiazole rings is 1. The summed E-state index contributed by atoms with van der Waals surface area (Å²) >= 11 is 1.42. The molecule has 1 saturated heterocycles. The smallest absolute Gasteiger partial charge is 0.323 e. The van der Waals surface area contributed by atoms with Gasteiger partial charge in [0.15, 0.2) is 5.13 Å². The van der Waals surface area contributed by atoms with E-state index in [1.165, 1.54) is 11.3 Å². The van der Waals surface area contributed by atoms with Gasteiger partial charge >= 0.3 is 6.03 Å². The number of carbonyl (C=O) groups is 1. The van der Waals surface area contributed by atoms with E-state index in [0.29, 0.717) is 11.7 Å². The number of hydrogen-bond acceptors (Lipinski definition) is 5. The molecule has 7 nitrogen and oxygen atoms in total. The molecule has 0 bridgehead atoms. The third-order valence-corrected chi connectivity index (χ3v) is 4.48. The van der Waals surface area contributed by atoms with Crippen LogP contribution in [0.4, 0.5) is 9.93 Å². The van der Waals surface area contributed by atoms with Crippen LogP contribution in [0.25, 0.3) is 0 Å². The molecule has 2 aromatic heterocycles. The third kappa shape index (κ3) is 3.45. The fourth-order valence-corrected chi connectivity index (χ4v) is 3.36. The first-order valence-corrected chi connectivity index (χ1v) is 8.11. The van der Waals surface area contributed by atoms with Crippen LogP contribution in [-0.2, 0) is 17.9 Å². The highest BCUT2D eigenvalue weighted by Crippen LogP contribution is 2.22. The van der Waals surface area contributed by atoms with E-state index < -0.39 is 0 Å². The summed E-state index contributed by atoms with van der Waals surface area (Å²) in [5, 5.41) is 5.40. The fraction of sp³-hybridized carbons (Fsp3) is 0.500. The summed E-state index contributed by atoms with van der Waals surface area (Å²) in [5.74, 6) is 0. The van der Waals surface area contributed by atoms with Gasteiger partial charge < -0.3 is 14.2 Å². The van der Waals surface area contributed by atoms with Gasteiger partial charge in [-0.15, -0.1) is 11.3 Å². The number of methoxy groups -OCH3 is 1. The number of carbonyl (C=O) groups excluding carboxylic acids is 1. The van der Waals surface area contributed by atoms with Crippen LogP contribution in [0.5, 0.6) is 0 Å². The average Bonchev–Trinajstić information content (AvgIpc) is 3.22. The fourth-order valence-electron chi connectivity index (χ4n) is 2.67. The zero-order valence-corrected chi connectivity index (χ0v) is 13.3. The van der Waals surface area contributed by atoms with Gasteiger partial charge in [-0.2, -0.15) is 0 Å². The van der Waals surface area contributed by atoms with Gasteiger partial charge in [0.25, 0.3) is 0 Å². The van der Waals surface area contributed by atoms with Gasteiger partial charge in [-0.25, -0.2) is 14.8 Å². The lowest BCUT2D eigenvalue weighted by Gasteiger charge is -2.24. The van der Waals surface area contributed by atoms with Gasteiger partial charge in [0.1, 0.15) is 0 Å². The van der Waals surface area contributed by atoms with Gasteiger partial charge in [-0.1, -0.05) is 0 Å². The molecule has 1 fully saturated rings. The molecule has 2 aromatic rings. The SMILES string of the molecule is COCc1csc(NC(=O)N2CCC[C@H]2Cn2ccnc2)n1. The van der Waals surface area contributed by atoms with Gasteiger partial charge in [-0.3, -0.25) is 5.32 Å². The molecule has 3 rings (SSSR count). The number of nitrogens with zero attached hydrogens (tertiary/aromatic N) is 4. The van der Waals surface area contributed by atoms with Crippen LogP contribution in [0.2, 0.25) is 0 Å². The maximum absolute atomic E-state index is 12.4. The molecule has 3 heterocycles. The monoisotopic (exact) mass is 321 g/mol. The molecule has 0 unspecified atom stereocenters. The van der Waals surface area contributed by atoms with E-state index in [9.17, 15) is 4.79 Å². The predicted molar refractivity (Wildman–Crippen MR) is 83.8 cm³/mol. The molecule has 0 spiro atoms. The molecule has 22 heavy (non-hydrogen) atoms. The minimum atomic E-state index is -0.0825. The Morgan fingerprint density at radius 2 is 2.50 bits per heavy atom. The second-order valence-corrected chi connectivity index (χ2v) is 6.11. The number of imidazole rings is 1. The number of hydrogen-bond donors (Lipinski definition) is 1. The van der Waals surface area contributed by atoms with Crippen molar-refractivity contribution in [1.82, 2.24) is 19.4 Å². The Bertz CT molecular complexity index is 613. The van der Waals surface area contributed by atoms with Crippen molar-refractivity contribution in [3.63, 3.8) is 0 Å². The average molecular weight is 321 g/mol. The number of aromatic nitrogens is 3. The molecule has 8 heteroatoms. The molecular weight excluding hydrogens is 302 g/mol. The number of amides is 2. The van der Waals surface area contributed by atoms with Crippen LogP contribution in [0.3, 0.4) is 0 Å². The predicted octanol–water partition coefficient (Wildman–Crippen LogP) is 2.18. The summed E-state index contributed by atoms with van der Waals surface area (Å²) in [6.45, 7) is 2.01. The van der Waals surface area contributed by atoms with Crippen LogP contribution in [0.15, 0.2) is 24.1 Å². The van der Waals surface area contributed by atoms with Crippen molar-refractivity contribution < 1.29 is 9.53 Å². The first-order chi connectivity index (χ1) is 10.8. The van der Waals surface area contributed by atoms with E-state index in [-0.39, 0.29) is 12.1 Å². The number of anilines is 1. The van der Waals surface area contributed by atoms with Gasteiger partial charge in [0, 0.05) is 38.0 Å². The number of likely N-dealkylation sites (tertiary alicyclic amines) is 1. The Hall–Kier alpha value is -1.93. The molecule has 0 aromatic carbocycles. The van der Waals surface area contributed by atoms with E-state index in [2.05, 4.69) is 15.3 Å². The Balaban J connectivity index is 1.60. The molecule has 1 atom stereocenters. The lowest BCUT2D eigenvalue weighted by atomic mass is 10.2. The second kappa shape index (κ2) is 6.89. The highest BCUT2D eigenvalue weighted by atomic mass is 32.1. The van der Waals surface area contributed by atoms with Crippen molar-refractivity contribution in [3.8, 4) is 0 Å². The largest absolute Gasteiger partial charge is 0.378 e. The summed E-state index contributed by atoms with van der Waals surface area (Å²) < 4.78 is 7.04. The third-order valence-electron chi connectivity index (χ3n) is 3.68. The molecule has 1 aliphatic heterocycles. The highest BCUT2D eigenvalue weighted by molar-refractivity contribution is 7.13. The Morgan fingerprint density at radius 1 is 1.59 bits per heavy atom. The molecule has 118 valence electrons. The van der Waals surface area contributed by atoms with Crippen molar-refractivity contribution in [3.05, 3.63) is 29.8 Å². The topological polar surface area (TPSA) is 72.3 Å². The minimum Gasteiger partial charge on any atom is -0.378 e. The lowest BCUT2D eigenvalue weighted by molar-refractivity contribution is 0.182. The Kier molecular flexibility index (Phi) is 4.69. The summed E-state index contributed by atoms with van der Waals surface area (Å²) in [6.07, 6.45) is 7.50. The number of urea groups is 1. The molecule has 0 saturated carbocycles. The van der Waals surface area contributed by atoms with Crippen molar-refractivity contribution >= 4 is 22.5 Å². The van der Waals surface area contributed by atoms with E-state index in [0.717, 1.165) is 31.6 Å². The zero-order valence-electron chi connectivity index (χ0n) is 12.4. The molecule has 1 N–H and O–H groups in total. The van der Waals surface area contributed by atoms with Crippen LogP contribution in [0.1, 0.15) is 18.5 Å². The summed E-state index contributed by atoms with van der Waals surface area (Å²) in [4.78, 5) is 22.7.